The van der Waals surface area contributed by atoms with Crippen molar-refractivity contribution in [3.05, 3.63) is 34.4 Å². The van der Waals surface area contributed by atoms with Crippen LogP contribution in [0.5, 0.6) is 0 Å². The summed E-state index contributed by atoms with van der Waals surface area (Å²) >= 11 is 0. The molecular weight excluding hydrogens is 348 g/mol. The summed E-state index contributed by atoms with van der Waals surface area (Å²) in [4.78, 5) is 24.3. The first-order chi connectivity index (χ1) is 12.6. The fourth-order valence-corrected chi connectivity index (χ4v) is 4.61. The monoisotopic (exact) mass is 376 g/mol. The number of aliphatic hydroxyl groups excluding tert-OH is 1. The molecule has 27 heavy (non-hydrogen) atoms. The average molecular weight is 376 g/mol. The van der Waals surface area contributed by atoms with Gasteiger partial charge in [-0.25, -0.2) is 9.59 Å². The average Bonchev–Trinajstić information content (AvgIpc) is 2.84. The molecule has 0 bridgehead atoms. The highest BCUT2D eigenvalue weighted by molar-refractivity contribution is 5.93. The Morgan fingerprint density at radius 2 is 2.07 bits per heavy atom. The maximum atomic E-state index is 12.2. The van der Waals surface area contributed by atoms with Crippen molar-refractivity contribution in [3.8, 4) is 0 Å². The Morgan fingerprint density at radius 3 is 2.67 bits per heavy atom. The zero-order valence-corrected chi connectivity index (χ0v) is 16.8. The van der Waals surface area contributed by atoms with Crippen molar-refractivity contribution in [2.75, 3.05) is 7.11 Å². The van der Waals surface area contributed by atoms with E-state index >= 15 is 0 Å². The highest BCUT2D eigenvalue weighted by atomic mass is 16.7. The van der Waals surface area contributed by atoms with Crippen LogP contribution in [0.1, 0.15) is 47.5 Å². The van der Waals surface area contributed by atoms with Crippen LogP contribution >= 0.6 is 0 Å². The van der Waals surface area contributed by atoms with Crippen molar-refractivity contribution in [1.29, 1.82) is 0 Å². The second kappa shape index (κ2) is 6.60. The molecule has 0 aromatic rings. The van der Waals surface area contributed by atoms with Gasteiger partial charge in [0.1, 0.15) is 6.10 Å². The summed E-state index contributed by atoms with van der Waals surface area (Å²) in [6, 6.07) is 0. The maximum absolute atomic E-state index is 12.2. The second-order valence-electron chi connectivity index (χ2n) is 8.20. The smallest absolute Gasteiger partial charge is 0.336 e. The van der Waals surface area contributed by atoms with E-state index in [1.54, 1.807) is 6.92 Å². The van der Waals surface area contributed by atoms with Gasteiger partial charge in [0.05, 0.1) is 6.10 Å². The van der Waals surface area contributed by atoms with E-state index in [0.29, 0.717) is 24.0 Å². The molecule has 0 spiro atoms. The summed E-state index contributed by atoms with van der Waals surface area (Å²) in [7, 11) is 1.48. The van der Waals surface area contributed by atoms with Gasteiger partial charge in [0, 0.05) is 48.5 Å². The highest BCUT2D eigenvalue weighted by Gasteiger charge is 2.62. The summed E-state index contributed by atoms with van der Waals surface area (Å²) in [6.07, 6.45) is 3.05. The van der Waals surface area contributed by atoms with Crippen molar-refractivity contribution >= 4 is 11.9 Å². The van der Waals surface area contributed by atoms with Crippen LogP contribution in [0.25, 0.3) is 0 Å². The van der Waals surface area contributed by atoms with E-state index in [2.05, 4.69) is 0 Å². The molecule has 6 heteroatoms. The molecule has 2 aliphatic carbocycles. The summed E-state index contributed by atoms with van der Waals surface area (Å²) in [5.41, 5.74) is 2.03. The van der Waals surface area contributed by atoms with Crippen LogP contribution in [0, 0.1) is 11.3 Å². The lowest BCUT2D eigenvalue weighted by molar-refractivity contribution is -0.208. The van der Waals surface area contributed by atoms with Gasteiger partial charge in [-0.15, -0.1) is 0 Å². The van der Waals surface area contributed by atoms with Crippen LogP contribution in [-0.2, 0) is 23.8 Å². The van der Waals surface area contributed by atoms with Crippen LogP contribution < -0.4 is 0 Å². The number of esters is 2. The van der Waals surface area contributed by atoms with Gasteiger partial charge < -0.3 is 19.3 Å². The molecule has 3 aliphatic rings. The first kappa shape index (κ1) is 19.8. The number of methoxy groups -OCH3 is 1. The van der Waals surface area contributed by atoms with E-state index in [-0.39, 0.29) is 18.0 Å². The Balaban J connectivity index is 1.99. The molecule has 148 valence electrons. The fourth-order valence-electron chi connectivity index (χ4n) is 4.61. The van der Waals surface area contributed by atoms with Crippen LogP contribution in [0.4, 0.5) is 0 Å². The number of hydrogen-bond donors (Lipinski definition) is 1. The molecule has 1 aliphatic heterocycles. The van der Waals surface area contributed by atoms with Crippen LogP contribution in [0.2, 0.25) is 0 Å². The molecule has 6 nitrogen and oxygen atoms in total. The van der Waals surface area contributed by atoms with Gasteiger partial charge >= 0.3 is 11.9 Å². The van der Waals surface area contributed by atoms with Crippen molar-refractivity contribution in [2.45, 2.75) is 65.5 Å². The van der Waals surface area contributed by atoms with E-state index in [9.17, 15) is 14.7 Å². The Bertz CT molecular complexity index is 772. The van der Waals surface area contributed by atoms with Crippen molar-refractivity contribution in [1.82, 2.24) is 0 Å². The minimum atomic E-state index is -1.24. The summed E-state index contributed by atoms with van der Waals surface area (Å²) < 4.78 is 16.8. The highest BCUT2D eigenvalue weighted by Crippen LogP contribution is 2.58. The number of aliphatic hydroxyl groups is 1. The zero-order valence-electron chi connectivity index (χ0n) is 16.8. The van der Waals surface area contributed by atoms with Gasteiger partial charge in [0.2, 0.25) is 5.79 Å². The number of rotatable bonds is 3. The first-order valence-corrected chi connectivity index (χ1v) is 9.29. The Kier molecular flexibility index (Phi) is 4.85. The van der Waals surface area contributed by atoms with E-state index < -0.39 is 23.3 Å². The molecule has 3 rings (SSSR count). The molecule has 0 aromatic heterocycles. The number of carbonyl (C=O) groups excluding carboxylic acids is 2. The molecule has 1 fully saturated rings. The second-order valence-corrected chi connectivity index (χ2v) is 8.20. The number of hydrogen-bond acceptors (Lipinski definition) is 6. The summed E-state index contributed by atoms with van der Waals surface area (Å²) in [6.45, 7) is 9.26. The standard InChI is InChI=1S/C21H28O6/c1-11(2)9-16(22)26-15-8-7-14-10-21(25-6)17(12(3)19(24)27-21)18(23)20(14,5)13(15)4/h7,9,13,15,18,23H,8,10H2,1-6H3. The predicted octanol–water partition coefficient (Wildman–Crippen LogP) is 2.82. The van der Waals surface area contributed by atoms with Gasteiger partial charge in [0.15, 0.2) is 0 Å². The Hall–Kier alpha value is -1.92. The molecule has 0 saturated heterocycles. The third-order valence-corrected chi connectivity index (χ3v) is 6.44. The molecule has 0 amide bonds. The van der Waals surface area contributed by atoms with Crippen LogP contribution in [-0.4, -0.2) is 42.1 Å². The largest absolute Gasteiger partial charge is 0.459 e. The van der Waals surface area contributed by atoms with Gasteiger partial charge in [0.25, 0.3) is 0 Å². The van der Waals surface area contributed by atoms with E-state index in [4.69, 9.17) is 14.2 Å². The third kappa shape index (κ3) is 2.86. The molecular formula is C21H28O6. The normalized spacial score (nSPS) is 37.8. The maximum Gasteiger partial charge on any atom is 0.336 e. The lowest BCUT2D eigenvalue weighted by Gasteiger charge is -2.53. The number of carbonyl (C=O) groups is 2. The molecule has 1 saturated carbocycles. The number of fused-ring (bicyclic) bond motifs is 2. The molecule has 1 N–H and O–H groups in total. The van der Waals surface area contributed by atoms with Crippen molar-refractivity contribution in [2.24, 2.45) is 11.3 Å². The van der Waals surface area contributed by atoms with Gasteiger partial charge in [-0.05, 0) is 20.8 Å². The zero-order chi connectivity index (χ0) is 20.1. The van der Waals surface area contributed by atoms with Gasteiger partial charge in [-0.2, -0.15) is 0 Å². The topological polar surface area (TPSA) is 82.1 Å². The van der Waals surface area contributed by atoms with Crippen molar-refractivity contribution in [3.63, 3.8) is 0 Å². The minimum Gasteiger partial charge on any atom is -0.459 e. The van der Waals surface area contributed by atoms with Crippen LogP contribution in [0.3, 0.4) is 0 Å². The Morgan fingerprint density at radius 1 is 1.41 bits per heavy atom. The van der Waals surface area contributed by atoms with Crippen molar-refractivity contribution < 1.29 is 28.9 Å². The minimum absolute atomic E-state index is 0.145. The van der Waals surface area contributed by atoms with Gasteiger partial charge in [-0.1, -0.05) is 31.1 Å². The van der Waals surface area contributed by atoms with Gasteiger partial charge in [-0.3, -0.25) is 0 Å². The number of allylic oxidation sites excluding steroid dienone is 1. The molecule has 5 atom stereocenters. The van der Waals surface area contributed by atoms with E-state index in [1.165, 1.54) is 13.2 Å². The van der Waals surface area contributed by atoms with E-state index in [1.807, 2.05) is 33.8 Å². The third-order valence-electron chi connectivity index (χ3n) is 6.44. The fraction of sp³-hybridized carbons (Fsp3) is 0.619. The molecule has 1 heterocycles. The first-order valence-electron chi connectivity index (χ1n) is 9.29. The number of ether oxygens (including phenoxy) is 3. The molecule has 0 radical (unpaired) electrons. The quantitative estimate of drug-likeness (QED) is 0.463. The predicted molar refractivity (Wildman–Crippen MR) is 98.4 cm³/mol. The molecule has 0 aromatic carbocycles. The summed E-state index contributed by atoms with van der Waals surface area (Å²) in [5.74, 6) is -2.23. The SMILES string of the molecule is COC12CC3=CCC(OC(=O)C=C(C)C)C(C)C3(C)C(O)C1=C(C)C(=O)O2. The Labute approximate surface area is 159 Å². The van der Waals surface area contributed by atoms with E-state index in [0.717, 1.165) is 11.1 Å². The molecule has 5 unspecified atom stereocenters. The lowest BCUT2D eigenvalue weighted by Crippen LogP contribution is -2.57. The lowest BCUT2D eigenvalue weighted by atomic mass is 9.56. The van der Waals surface area contributed by atoms with Crippen LogP contribution in [0.15, 0.2) is 34.4 Å². The summed E-state index contributed by atoms with van der Waals surface area (Å²) in [5, 5.41) is 11.3.